The highest BCUT2D eigenvalue weighted by atomic mass is 16.3. The molecule has 6 N–H and O–H groups in total. The summed E-state index contributed by atoms with van der Waals surface area (Å²) in [4.78, 5) is 30.3. The van der Waals surface area contributed by atoms with Crippen LogP contribution in [0.1, 0.15) is 57.1 Å². The van der Waals surface area contributed by atoms with Gasteiger partial charge in [-0.1, -0.05) is 48.6 Å². The van der Waals surface area contributed by atoms with Gasteiger partial charge < -0.3 is 31.1 Å². The van der Waals surface area contributed by atoms with Crippen LogP contribution in [0, 0.1) is 17.3 Å². The highest BCUT2D eigenvalue weighted by molar-refractivity contribution is 6.59. The maximum Gasteiger partial charge on any atom is 0.237 e. The standard InChI is InChI=1S/C49H30N2O6/c52-9-13(10-53)50-47(56)49(48(57)51-14(11-54)12-55)45-31-21-7-5-19-17-3-1-15-16-2-4-18-20-6-8-22-30-28(20)35-26(18)24(16)33-23(15)25(17)34-27(19)29(21)36-38(31)39(32(22)46(45)49)37(30)44-42(35)40(33)41(34)43(36)44/h1-8,13-14,17,19,25,27,45-46,52-55H,9-12H2,(H,50,56)(H,51,57). The Balaban J connectivity index is 1.14. The quantitative estimate of drug-likeness (QED) is 0.0939. The molecule has 6 unspecified atom stereocenters. The van der Waals surface area contributed by atoms with Crippen LogP contribution >= 0.6 is 0 Å². The number of rotatable bonds is 8. The fourth-order valence-electron chi connectivity index (χ4n) is 15.6. The predicted molar refractivity (Wildman–Crippen MR) is 220 cm³/mol. The summed E-state index contributed by atoms with van der Waals surface area (Å²) in [5.41, 5.74) is 7.47. The molecule has 0 saturated heterocycles. The average molecular weight is 743 g/mol. The summed E-state index contributed by atoms with van der Waals surface area (Å²) in [5.74, 6) is -1.07. The minimum absolute atomic E-state index is 0.188. The topological polar surface area (TPSA) is 139 Å². The molecule has 2 amide bonds. The molecule has 10 aromatic carbocycles. The van der Waals surface area contributed by atoms with Crippen LogP contribution in [0.2, 0.25) is 0 Å². The van der Waals surface area contributed by atoms with Crippen molar-refractivity contribution in [1.29, 1.82) is 0 Å². The lowest BCUT2D eigenvalue weighted by Crippen LogP contribution is -2.52. The third kappa shape index (κ3) is 2.34. The van der Waals surface area contributed by atoms with Crippen LogP contribution in [0.15, 0.2) is 36.4 Å². The molecule has 272 valence electrons. The molecule has 0 radical (unpaired) electrons. The monoisotopic (exact) mass is 742 g/mol. The minimum Gasteiger partial charge on any atom is -0.394 e. The van der Waals surface area contributed by atoms with E-state index in [1.807, 2.05) is 0 Å². The summed E-state index contributed by atoms with van der Waals surface area (Å²) in [5, 5.41) is 71.8. The van der Waals surface area contributed by atoms with Gasteiger partial charge in [0.2, 0.25) is 11.8 Å². The molecular formula is C49H30N2O6. The molecule has 17 rings (SSSR count). The molecule has 57 heavy (non-hydrogen) atoms. The van der Waals surface area contributed by atoms with Crippen molar-refractivity contribution in [3.63, 3.8) is 0 Å². The van der Waals surface area contributed by atoms with Crippen molar-refractivity contribution in [2.24, 2.45) is 17.3 Å². The van der Waals surface area contributed by atoms with Gasteiger partial charge in [-0.3, -0.25) is 9.59 Å². The molecule has 8 heteroatoms. The zero-order chi connectivity index (χ0) is 37.2. The summed E-state index contributed by atoms with van der Waals surface area (Å²) >= 11 is 0. The summed E-state index contributed by atoms with van der Waals surface area (Å²) in [6.45, 7) is -1.94. The van der Waals surface area contributed by atoms with Gasteiger partial charge in [0.15, 0.2) is 0 Å². The molecule has 2 fully saturated rings. The zero-order valence-corrected chi connectivity index (χ0v) is 30.2. The second-order valence-electron chi connectivity index (χ2n) is 18.6. The number of nitrogens with one attached hydrogen (secondary N) is 2. The van der Waals surface area contributed by atoms with E-state index in [0.717, 1.165) is 22.1 Å². The Bertz CT molecular complexity index is 3770. The van der Waals surface area contributed by atoms with E-state index in [4.69, 9.17) is 0 Å². The number of aliphatic hydroxyl groups is 4. The van der Waals surface area contributed by atoms with E-state index in [9.17, 15) is 20.4 Å². The number of carbonyl (C=O) groups is 2. The highest BCUT2D eigenvalue weighted by Crippen LogP contribution is 2.80. The fraction of sp³-hybridized carbons (Fsp3) is 0.265. The molecule has 0 aliphatic heterocycles. The lowest BCUT2D eigenvalue weighted by Gasteiger charge is -2.29. The minimum atomic E-state index is -1.66. The van der Waals surface area contributed by atoms with E-state index >= 15 is 9.59 Å². The molecule has 7 aliphatic rings. The Morgan fingerprint density at radius 2 is 0.947 bits per heavy atom. The van der Waals surface area contributed by atoms with Crippen molar-refractivity contribution >= 4 is 126 Å². The summed E-state index contributed by atoms with van der Waals surface area (Å²) in [6.07, 6.45) is 9.71. The highest BCUT2D eigenvalue weighted by Gasteiger charge is 2.78. The van der Waals surface area contributed by atoms with Crippen LogP contribution in [0.5, 0.6) is 0 Å². The van der Waals surface area contributed by atoms with Gasteiger partial charge >= 0.3 is 0 Å². The molecule has 0 bridgehead atoms. The third-order valence-electron chi connectivity index (χ3n) is 17.1. The van der Waals surface area contributed by atoms with Crippen molar-refractivity contribution in [3.05, 3.63) is 75.0 Å². The normalized spacial score (nSPS) is 26.2. The summed E-state index contributed by atoms with van der Waals surface area (Å²) in [6, 6.07) is 7.36. The van der Waals surface area contributed by atoms with Crippen LogP contribution in [0.4, 0.5) is 0 Å². The Labute approximate surface area is 320 Å². The Kier molecular flexibility index (Phi) is 4.13. The lowest BCUT2D eigenvalue weighted by atomic mass is 9.74. The third-order valence-corrected chi connectivity index (χ3v) is 17.1. The zero-order valence-electron chi connectivity index (χ0n) is 30.2. The number of amides is 2. The van der Waals surface area contributed by atoms with Crippen LogP contribution < -0.4 is 15.9 Å². The van der Waals surface area contributed by atoms with Crippen LogP contribution in [-0.2, 0) is 9.59 Å². The van der Waals surface area contributed by atoms with Crippen molar-refractivity contribution in [1.82, 2.24) is 10.6 Å². The van der Waals surface area contributed by atoms with E-state index in [0.29, 0.717) is 11.8 Å². The van der Waals surface area contributed by atoms with Crippen molar-refractivity contribution in [2.45, 2.75) is 35.8 Å². The number of fused-ring (bicyclic) bond motifs is 8. The second kappa shape index (κ2) is 8.20. The Morgan fingerprint density at radius 3 is 1.58 bits per heavy atom. The average Bonchev–Trinajstić information content (AvgIpc) is 3.81. The molecule has 6 atom stereocenters. The predicted octanol–water partition coefficient (Wildman–Crippen LogP) is 5.18. The van der Waals surface area contributed by atoms with Gasteiger partial charge in [0.05, 0.1) is 38.5 Å². The first kappa shape index (κ1) is 28.7. The second-order valence-corrected chi connectivity index (χ2v) is 18.6. The molecule has 8 nitrogen and oxygen atoms in total. The molecule has 7 aliphatic carbocycles. The number of hydrogen-bond donors (Lipinski definition) is 6. The maximum atomic E-state index is 15.1. The SMILES string of the molecule is O=C(NC(CO)CO)C1(C(=O)NC(CO)CO)C2c3c4c5c6c3c3c(c7ccc8c9ccc%10c%11c%12c%13c%14c(c6c6c3c7c8c(c9c%10%13)c%146)=C3C5C(C=C4)C(C=C%11)C3%12)C21. The van der Waals surface area contributed by atoms with Gasteiger partial charge in [-0.15, -0.1) is 0 Å². The molecular weight excluding hydrogens is 713 g/mol. The van der Waals surface area contributed by atoms with Gasteiger partial charge in [-0.2, -0.15) is 0 Å². The molecule has 10 aromatic rings. The smallest absolute Gasteiger partial charge is 0.237 e. The molecule has 0 heterocycles. The number of aliphatic hydroxyl groups excluding tert-OH is 4. The van der Waals surface area contributed by atoms with Crippen LogP contribution in [0.3, 0.4) is 0 Å². The fourth-order valence-corrected chi connectivity index (χ4v) is 15.6. The first-order valence-electron chi connectivity index (χ1n) is 20.5. The Hall–Kier alpha value is -5.64. The van der Waals surface area contributed by atoms with Gasteiger partial charge in [-0.05, 0) is 153 Å². The van der Waals surface area contributed by atoms with E-state index in [-0.39, 0.29) is 11.8 Å². The van der Waals surface area contributed by atoms with E-state index in [1.165, 1.54) is 113 Å². The van der Waals surface area contributed by atoms with Crippen molar-refractivity contribution < 1.29 is 30.0 Å². The van der Waals surface area contributed by atoms with Crippen LogP contribution in [-0.4, -0.2) is 70.8 Å². The summed E-state index contributed by atoms with van der Waals surface area (Å²) < 4.78 is 0. The van der Waals surface area contributed by atoms with Gasteiger partial charge in [-0.25, -0.2) is 0 Å². The number of carbonyl (C=O) groups excluding carboxylic acids is 2. The molecule has 2 saturated carbocycles. The largest absolute Gasteiger partial charge is 0.394 e. The Morgan fingerprint density at radius 1 is 0.509 bits per heavy atom. The van der Waals surface area contributed by atoms with Gasteiger partial charge in [0, 0.05) is 23.7 Å². The van der Waals surface area contributed by atoms with Crippen molar-refractivity contribution in [2.75, 3.05) is 26.4 Å². The van der Waals surface area contributed by atoms with E-state index < -0.39 is 67.6 Å². The summed E-state index contributed by atoms with van der Waals surface area (Å²) in [7, 11) is 0. The first-order valence-corrected chi connectivity index (χ1v) is 20.5. The van der Waals surface area contributed by atoms with Gasteiger partial charge in [0.25, 0.3) is 0 Å². The van der Waals surface area contributed by atoms with Crippen LogP contribution in [0.25, 0.3) is 115 Å². The molecule has 0 aromatic heterocycles. The lowest BCUT2D eigenvalue weighted by molar-refractivity contribution is -0.139. The first-order chi connectivity index (χ1) is 28.0. The van der Waals surface area contributed by atoms with E-state index in [2.05, 4.69) is 59.2 Å². The number of benzene rings is 5. The number of hydrogen-bond acceptors (Lipinski definition) is 6. The van der Waals surface area contributed by atoms with E-state index in [1.54, 1.807) is 5.57 Å². The maximum absolute atomic E-state index is 15.1. The van der Waals surface area contributed by atoms with Crippen molar-refractivity contribution in [3.8, 4) is 0 Å². The molecule has 0 spiro atoms. The van der Waals surface area contributed by atoms with Gasteiger partial charge in [0.1, 0.15) is 5.41 Å². The number of allylic oxidation sites excluding steroid dienone is 2.